The molecule has 0 bridgehead atoms. The average Bonchev–Trinajstić information content (AvgIpc) is 2.47. The first-order valence-corrected chi connectivity index (χ1v) is 6.88. The molecule has 0 atom stereocenters. The van der Waals surface area contributed by atoms with Crippen molar-refractivity contribution in [3.8, 4) is 11.4 Å². The number of aryl methyl sites for hydroxylation is 1. The van der Waals surface area contributed by atoms with Crippen LogP contribution in [-0.2, 0) is 6.42 Å². The predicted molar refractivity (Wildman–Crippen MR) is 79.3 cm³/mol. The maximum Gasteiger partial charge on any atom is 0.167 e. The van der Waals surface area contributed by atoms with Crippen molar-refractivity contribution in [1.82, 2.24) is 9.97 Å². The fourth-order valence-corrected chi connectivity index (χ4v) is 2.41. The first kappa shape index (κ1) is 13.9. The third-order valence-electron chi connectivity index (χ3n) is 3.31. The molecule has 0 saturated heterocycles. The fraction of sp³-hybridized carbons (Fsp3) is 0.125. The topological polar surface area (TPSA) is 25.8 Å². The second kappa shape index (κ2) is 5.37. The number of hydrogen-bond acceptors (Lipinski definition) is 2. The van der Waals surface area contributed by atoms with Crippen LogP contribution in [0.1, 0.15) is 12.5 Å². The Hall–Kier alpha value is -2.07. The largest absolute Gasteiger partial charge is 0.228 e. The normalized spacial score (nSPS) is 11.0. The maximum atomic E-state index is 13.8. The van der Waals surface area contributed by atoms with E-state index in [1.54, 1.807) is 6.07 Å². The molecule has 2 nitrogen and oxygen atoms in total. The molecule has 0 aliphatic rings. The lowest BCUT2D eigenvalue weighted by Gasteiger charge is -2.07. The lowest BCUT2D eigenvalue weighted by atomic mass is 10.1. The van der Waals surface area contributed by atoms with Gasteiger partial charge in [0.2, 0.25) is 0 Å². The van der Waals surface area contributed by atoms with Crippen LogP contribution in [0.4, 0.5) is 8.78 Å². The van der Waals surface area contributed by atoms with Gasteiger partial charge in [0.05, 0.1) is 11.1 Å². The summed E-state index contributed by atoms with van der Waals surface area (Å²) in [4.78, 5) is 8.27. The van der Waals surface area contributed by atoms with E-state index in [0.29, 0.717) is 10.9 Å². The Balaban J connectivity index is 2.26. The van der Waals surface area contributed by atoms with Crippen LogP contribution in [0.3, 0.4) is 0 Å². The van der Waals surface area contributed by atoms with Crippen molar-refractivity contribution >= 4 is 22.5 Å². The highest BCUT2D eigenvalue weighted by atomic mass is 35.5. The standard InChI is InChI=1S/C16H11ClF2N2/c1-2-9-6-7-13-10(8-9)15(17)21-16(20-13)14-11(18)4-3-5-12(14)19/h3-8H,2H2,1H3. The first-order valence-electron chi connectivity index (χ1n) is 6.50. The molecule has 5 heteroatoms. The lowest BCUT2D eigenvalue weighted by molar-refractivity contribution is 0.587. The van der Waals surface area contributed by atoms with E-state index in [1.165, 1.54) is 18.2 Å². The minimum absolute atomic E-state index is 0.0488. The molecule has 0 unspecified atom stereocenters. The molecule has 3 rings (SSSR count). The summed E-state index contributed by atoms with van der Waals surface area (Å²) in [6, 6.07) is 9.21. The minimum Gasteiger partial charge on any atom is -0.228 e. The minimum atomic E-state index is -0.712. The second-order valence-electron chi connectivity index (χ2n) is 4.64. The molecule has 0 aliphatic carbocycles. The highest BCUT2D eigenvalue weighted by molar-refractivity contribution is 6.34. The molecule has 2 aromatic carbocycles. The van der Waals surface area contributed by atoms with Gasteiger partial charge in [0.25, 0.3) is 0 Å². The van der Waals surface area contributed by atoms with E-state index in [9.17, 15) is 8.78 Å². The van der Waals surface area contributed by atoms with E-state index in [2.05, 4.69) is 9.97 Å². The van der Waals surface area contributed by atoms with Gasteiger partial charge < -0.3 is 0 Å². The molecule has 0 amide bonds. The molecular formula is C16H11ClF2N2. The van der Waals surface area contributed by atoms with Crippen LogP contribution >= 0.6 is 11.6 Å². The van der Waals surface area contributed by atoms with E-state index in [0.717, 1.165) is 12.0 Å². The molecule has 0 aliphatic heterocycles. The van der Waals surface area contributed by atoms with E-state index >= 15 is 0 Å². The summed E-state index contributed by atoms with van der Waals surface area (Å²) in [5, 5.41) is 0.865. The number of fused-ring (bicyclic) bond motifs is 1. The van der Waals surface area contributed by atoms with Crippen molar-refractivity contribution in [1.29, 1.82) is 0 Å². The molecule has 0 N–H and O–H groups in total. The number of halogens is 3. The summed E-state index contributed by atoms with van der Waals surface area (Å²) in [5.74, 6) is -1.47. The molecular weight excluding hydrogens is 294 g/mol. The number of benzene rings is 2. The number of nitrogens with zero attached hydrogens (tertiary/aromatic N) is 2. The van der Waals surface area contributed by atoms with Gasteiger partial charge in [-0.25, -0.2) is 18.7 Å². The summed E-state index contributed by atoms with van der Waals surface area (Å²) in [5.41, 5.74) is 1.39. The summed E-state index contributed by atoms with van der Waals surface area (Å²) in [7, 11) is 0. The summed E-state index contributed by atoms with van der Waals surface area (Å²) in [6.45, 7) is 2.03. The van der Waals surface area contributed by atoms with Gasteiger partial charge in [0, 0.05) is 5.39 Å². The Kier molecular flexibility index (Phi) is 3.55. The molecule has 21 heavy (non-hydrogen) atoms. The number of rotatable bonds is 2. The van der Waals surface area contributed by atoms with Gasteiger partial charge in [-0.3, -0.25) is 0 Å². The van der Waals surface area contributed by atoms with Crippen molar-refractivity contribution in [3.63, 3.8) is 0 Å². The zero-order valence-electron chi connectivity index (χ0n) is 11.2. The Morgan fingerprint density at radius 3 is 2.43 bits per heavy atom. The van der Waals surface area contributed by atoms with E-state index < -0.39 is 11.6 Å². The van der Waals surface area contributed by atoms with Crippen molar-refractivity contribution in [2.24, 2.45) is 0 Å². The molecule has 0 radical (unpaired) electrons. The first-order chi connectivity index (χ1) is 10.1. The van der Waals surface area contributed by atoms with Crippen LogP contribution in [0.2, 0.25) is 5.15 Å². The van der Waals surface area contributed by atoms with Crippen molar-refractivity contribution in [2.75, 3.05) is 0 Å². The van der Waals surface area contributed by atoms with E-state index in [-0.39, 0.29) is 16.5 Å². The zero-order valence-corrected chi connectivity index (χ0v) is 12.0. The van der Waals surface area contributed by atoms with Gasteiger partial charge in [-0.2, -0.15) is 0 Å². The molecule has 0 fully saturated rings. The Morgan fingerprint density at radius 2 is 1.76 bits per heavy atom. The predicted octanol–water partition coefficient (Wildman–Crippen LogP) is 4.79. The smallest absolute Gasteiger partial charge is 0.167 e. The van der Waals surface area contributed by atoms with Crippen LogP contribution < -0.4 is 0 Å². The number of aromatic nitrogens is 2. The highest BCUT2D eigenvalue weighted by Crippen LogP contribution is 2.28. The quantitative estimate of drug-likeness (QED) is 0.636. The van der Waals surface area contributed by atoms with Crippen LogP contribution in [0, 0.1) is 11.6 Å². The molecule has 106 valence electrons. The van der Waals surface area contributed by atoms with E-state index in [4.69, 9.17) is 11.6 Å². The third kappa shape index (κ3) is 2.47. The van der Waals surface area contributed by atoms with Gasteiger partial charge in [-0.1, -0.05) is 30.7 Å². The van der Waals surface area contributed by atoms with Crippen molar-refractivity contribution in [3.05, 3.63) is 58.7 Å². The molecule has 0 spiro atoms. The molecule has 3 aromatic rings. The van der Waals surface area contributed by atoms with Gasteiger partial charge in [-0.05, 0) is 36.2 Å². The van der Waals surface area contributed by atoms with Gasteiger partial charge in [0.1, 0.15) is 16.8 Å². The molecule has 1 heterocycles. The monoisotopic (exact) mass is 304 g/mol. The average molecular weight is 305 g/mol. The van der Waals surface area contributed by atoms with Crippen LogP contribution in [0.25, 0.3) is 22.3 Å². The second-order valence-corrected chi connectivity index (χ2v) is 5.00. The van der Waals surface area contributed by atoms with Crippen LogP contribution in [0.15, 0.2) is 36.4 Å². The zero-order chi connectivity index (χ0) is 15.0. The third-order valence-corrected chi connectivity index (χ3v) is 3.60. The Labute approximate surface area is 125 Å². The number of hydrogen-bond donors (Lipinski definition) is 0. The van der Waals surface area contributed by atoms with Crippen molar-refractivity contribution < 1.29 is 8.78 Å². The van der Waals surface area contributed by atoms with Crippen molar-refractivity contribution in [2.45, 2.75) is 13.3 Å². The summed E-state index contributed by atoms with van der Waals surface area (Å²) < 4.78 is 27.6. The van der Waals surface area contributed by atoms with E-state index in [1.807, 2.05) is 19.1 Å². The molecule has 0 saturated carbocycles. The SMILES string of the molecule is CCc1ccc2nc(-c3c(F)cccc3F)nc(Cl)c2c1. The van der Waals surface area contributed by atoms with Crippen LogP contribution in [-0.4, -0.2) is 9.97 Å². The maximum absolute atomic E-state index is 13.8. The molecule has 1 aromatic heterocycles. The lowest BCUT2D eigenvalue weighted by Crippen LogP contribution is -1.97. The van der Waals surface area contributed by atoms with Gasteiger partial charge in [0.15, 0.2) is 5.82 Å². The summed E-state index contributed by atoms with van der Waals surface area (Å²) >= 11 is 6.15. The van der Waals surface area contributed by atoms with Gasteiger partial charge >= 0.3 is 0 Å². The summed E-state index contributed by atoms with van der Waals surface area (Å²) in [6.07, 6.45) is 0.857. The van der Waals surface area contributed by atoms with Gasteiger partial charge in [-0.15, -0.1) is 0 Å². The van der Waals surface area contributed by atoms with Crippen LogP contribution in [0.5, 0.6) is 0 Å². The Morgan fingerprint density at radius 1 is 1.05 bits per heavy atom. The Bertz CT molecular complexity index is 814. The fourth-order valence-electron chi connectivity index (χ4n) is 2.18. The highest BCUT2D eigenvalue weighted by Gasteiger charge is 2.16.